The van der Waals surface area contributed by atoms with Crippen molar-refractivity contribution in [3.63, 3.8) is 0 Å². The third kappa shape index (κ3) is 4.17. The minimum atomic E-state index is -0.551. The molecule has 0 bridgehead atoms. The van der Waals surface area contributed by atoms with Crippen LogP contribution in [0.1, 0.15) is 20.3 Å². The van der Waals surface area contributed by atoms with Gasteiger partial charge < -0.3 is 15.8 Å². The smallest absolute Gasteiger partial charge is 0.234 e. The van der Waals surface area contributed by atoms with Crippen LogP contribution in [0.4, 0.5) is 10.1 Å². The SMILES string of the molecule is CCOc1ccc(NC(=O)C(CC)C(N)=S)cc1F. The minimum Gasteiger partial charge on any atom is -0.491 e. The van der Waals surface area contributed by atoms with Crippen LogP contribution < -0.4 is 15.8 Å². The lowest BCUT2D eigenvalue weighted by Crippen LogP contribution is -2.32. The van der Waals surface area contributed by atoms with E-state index in [0.717, 1.165) is 0 Å². The van der Waals surface area contributed by atoms with Gasteiger partial charge in [-0.05, 0) is 25.5 Å². The third-order valence-corrected chi connectivity index (χ3v) is 2.85. The fourth-order valence-corrected chi connectivity index (χ4v) is 1.87. The zero-order valence-corrected chi connectivity index (χ0v) is 11.7. The number of anilines is 1. The van der Waals surface area contributed by atoms with E-state index < -0.39 is 11.7 Å². The number of nitrogens with one attached hydrogen (secondary N) is 1. The fourth-order valence-electron chi connectivity index (χ4n) is 1.60. The number of carbonyl (C=O) groups excluding carboxylic acids is 1. The molecule has 104 valence electrons. The van der Waals surface area contributed by atoms with Crippen molar-refractivity contribution in [2.75, 3.05) is 11.9 Å². The average molecular weight is 284 g/mol. The molecule has 1 rings (SSSR count). The second-order valence-electron chi connectivity index (χ2n) is 3.93. The van der Waals surface area contributed by atoms with Crippen LogP contribution in [0.2, 0.25) is 0 Å². The second-order valence-corrected chi connectivity index (χ2v) is 4.40. The zero-order valence-electron chi connectivity index (χ0n) is 10.9. The summed E-state index contributed by atoms with van der Waals surface area (Å²) in [7, 11) is 0. The van der Waals surface area contributed by atoms with Gasteiger partial charge in [0.25, 0.3) is 0 Å². The van der Waals surface area contributed by atoms with Crippen molar-refractivity contribution < 1.29 is 13.9 Å². The quantitative estimate of drug-likeness (QED) is 0.788. The molecule has 0 aliphatic carbocycles. The molecule has 0 radical (unpaired) electrons. The van der Waals surface area contributed by atoms with Crippen LogP contribution in [0.25, 0.3) is 0 Å². The van der Waals surface area contributed by atoms with E-state index in [9.17, 15) is 9.18 Å². The van der Waals surface area contributed by atoms with E-state index in [1.807, 2.05) is 6.92 Å². The highest BCUT2D eigenvalue weighted by atomic mass is 32.1. The Labute approximate surface area is 117 Å². The van der Waals surface area contributed by atoms with Crippen LogP contribution in [0.5, 0.6) is 5.75 Å². The van der Waals surface area contributed by atoms with Gasteiger partial charge in [0, 0.05) is 11.8 Å². The summed E-state index contributed by atoms with van der Waals surface area (Å²) in [5.74, 6) is -1.26. The van der Waals surface area contributed by atoms with Crippen LogP contribution in [-0.4, -0.2) is 17.5 Å². The fraction of sp³-hybridized carbons (Fsp3) is 0.385. The van der Waals surface area contributed by atoms with Crippen LogP contribution in [0.15, 0.2) is 18.2 Å². The molecule has 0 spiro atoms. The molecule has 1 aromatic rings. The Morgan fingerprint density at radius 1 is 1.53 bits per heavy atom. The van der Waals surface area contributed by atoms with Crippen molar-refractivity contribution in [2.45, 2.75) is 20.3 Å². The molecule has 0 saturated heterocycles. The van der Waals surface area contributed by atoms with Gasteiger partial charge in [0.15, 0.2) is 11.6 Å². The predicted molar refractivity (Wildman–Crippen MR) is 76.8 cm³/mol. The van der Waals surface area contributed by atoms with E-state index in [1.165, 1.54) is 12.1 Å². The minimum absolute atomic E-state index is 0.131. The zero-order chi connectivity index (χ0) is 14.4. The van der Waals surface area contributed by atoms with Gasteiger partial charge in [0.05, 0.1) is 17.5 Å². The molecule has 1 atom stereocenters. The Hall–Kier alpha value is -1.69. The molecule has 0 aliphatic heterocycles. The molecule has 4 nitrogen and oxygen atoms in total. The van der Waals surface area contributed by atoms with Gasteiger partial charge in [-0.3, -0.25) is 4.79 Å². The number of amides is 1. The molecule has 1 amide bonds. The number of nitrogens with two attached hydrogens (primary N) is 1. The summed E-state index contributed by atoms with van der Waals surface area (Å²) in [6.07, 6.45) is 0.501. The van der Waals surface area contributed by atoms with Crippen molar-refractivity contribution in [3.8, 4) is 5.75 Å². The van der Waals surface area contributed by atoms with E-state index in [2.05, 4.69) is 5.32 Å². The van der Waals surface area contributed by atoms with E-state index in [-0.39, 0.29) is 16.6 Å². The van der Waals surface area contributed by atoms with E-state index >= 15 is 0 Å². The number of halogens is 1. The summed E-state index contributed by atoms with van der Waals surface area (Å²) in [4.78, 5) is 12.0. The van der Waals surface area contributed by atoms with E-state index in [4.69, 9.17) is 22.7 Å². The maximum absolute atomic E-state index is 13.6. The first kappa shape index (κ1) is 15.4. The third-order valence-electron chi connectivity index (χ3n) is 2.57. The highest BCUT2D eigenvalue weighted by Crippen LogP contribution is 2.21. The maximum atomic E-state index is 13.6. The summed E-state index contributed by atoms with van der Waals surface area (Å²) in [5.41, 5.74) is 5.82. The Morgan fingerprint density at radius 2 is 2.21 bits per heavy atom. The van der Waals surface area contributed by atoms with E-state index in [1.54, 1.807) is 13.0 Å². The van der Waals surface area contributed by atoms with Crippen molar-refractivity contribution in [1.82, 2.24) is 0 Å². The number of carbonyl (C=O) groups is 1. The number of thiocarbonyl (C=S) groups is 1. The van der Waals surface area contributed by atoms with Crippen LogP contribution >= 0.6 is 12.2 Å². The Balaban J connectivity index is 2.80. The Kier molecular flexibility index (Phi) is 5.69. The Morgan fingerprint density at radius 3 is 2.68 bits per heavy atom. The van der Waals surface area contributed by atoms with Gasteiger partial charge >= 0.3 is 0 Å². The van der Waals surface area contributed by atoms with Crippen molar-refractivity contribution in [1.29, 1.82) is 0 Å². The largest absolute Gasteiger partial charge is 0.491 e. The topological polar surface area (TPSA) is 64.3 Å². The molecule has 0 aliphatic rings. The van der Waals surface area contributed by atoms with Crippen LogP contribution in [-0.2, 0) is 4.79 Å². The summed E-state index contributed by atoms with van der Waals surface area (Å²) >= 11 is 4.81. The lowest BCUT2D eigenvalue weighted by molar-refractivity contribution is -0.118. The van der Waals surface area contributed by atoms with Gasteiger partial charge in [0.2, 0.25) is 5.91 Å². The molecule has 6 heteroatoms. The van der Waals surface area contributed by atoms with Crippen molar-refractivity contribution in [3.05, 3.63) is 24.0 Å². The molecule has 19 heavy (non-hydrogen) atoms. The average Bonchev–Trinajstić information content (AvgIpc) is 2.33. The summed E-state index contributed by atoms with van der Waals surface area (Å²) in [6, 6.07) is 4.24. The highest BCUT2D eigenvalue weighted by Gasteiger charge is 2.19. The molecule has 0 heterocycles. The molecule has 1 unspecified atom stereocenters. The Bertz CT molecular complexity index is 480. The number of benzene rings is 1. The van der Waals surface area contributed by atoms with Crippen LogP contribution in [0, 0.1) is 11.7 Å². The van der Waals surface area contributed by atoms with Gasteiger partial charge in [-0.15, -0.1) is 0 Å². The molecule has 0 fully saturated rings. The van der Waals surface area contributed by atoms with Gasteiger partial charge in [0.1, 0.15) is 0 Å². The lowest BCUT2D eigenvalue weighted by atomic mass is 10.1. The predicted octanol–water partition coefficient (Wildman–Crippen LogP) is 2.48. The van der Waals surface area contributed by atoms with Crippen molar-refractivity contribution in [2.24, 2.45) is 11.7 Å². The van der Waals surface area contributed by atoms with Gasteiger partial charge in [-0.2, -0.15) is 0 Å². The first-order valence-corrected chi connectivity index (χ1v) is 6.42. The second kappa shape index (κ2) is 7.04. The normalized spacial score (nSPS) is 11.7. The molecule has 0 aromatic heterocycles. The number of hydrogen-bond acceptors (Lipinski definition) is 3. The number of rotatable bonds is 6. The number of ether oxygens (including phenoxy) is 1. The monoisotopic (exact) mass is 284 g/mol. The maximum Gasteiger partial charge on any atom is 0.234 e. The molecule has 1 aromatic carbocycles. The molecular weight excluding hydrogens is 267 g/mol. The first-order chi connectivity index (χ1) is 8.99. The highest BCUT2D eigenvalue weighted by molar-refractivity contribution is 7.80. The van der Waals surface area contributed by atoms with Crippen LogP contribution in [0.3, 0.4) is 0 Å². The molecule has 0 saturated carbocycles. The van der Waals surface area contributed by atoms with Crippen molar-refractivity contribution >= 4 is 28.8 Å². The summed E-state index contributed by atoms with van der Waals surface area (Å²) in [6.45, 7) is 3.95. The van der Waals surface area contributed by atoms with Gasteiger partial charge in [-0.25, -0.2) is 4.39 Å². The van der Waals surface area contributed by atoms with Gasteiger partial charge in [-0.1, -0.05) is 19.1 Å². The standard InChI is InChI=1S/C13H17FN2O2S/c1-3-9(12(15)19)13(17)16-8-5-6-11(18-4-2)10(14)7-8/h5-7,9H,3-4H2,1-2H3,(H2,15,19)(H,16,17). The summed E-state index contributed by atoms with van der Waals surface area (Å²) in [5, 5.41) is 2.58. The molecular formula is C13H17FN2O2S. The molecule has 3 N–H and O–H groups in total. The lowest BCUT2D eigenvalue weighted by Gasteiger charge is -2.14. The summed E-state index contributed by atoms with van der Waals surface area (Å²) < 4.78 is 18.7. The first-order valence-electron chi connectivity index (χ1n) is 6.02. The number of hydrogen-bond donors (Lipinski definition) is 2. The van der Waals surface area contributed by atoms with E-state index in [0.29, 0.717) is 18.7 Å².